The Morgan fingerprint density at radius 2 is 2.05 bits per heavy atom. The van der Waals surface area contributed by atoms with Crippen LogP contribution in [0.3, 0.4) is 0 Å². The minimum absolute atomic E-state index is 0.0742. The van der Waals surface area contributed by atoms with Gasteiger partial charge in [-0.3, -0.25) is 10.1 Å². The highest BCUT2D eigenvalue weighted by atomic mass is 35.5. The fraction of sp³-hybridized carbons (Fsp3) is 0.538. The number of carbonyl (C=O) groups excluding carboxylic acids is 1. The predicted molar refractivity (Wildman–Crippen MR) is 78.0 cm³/mol. The van der Waals surface area contributed by atoms with Gasteiger partial charge in [-0.05, 0) is 20.3 Å². The summed E-state index contributed by atoms with van der Waals surface area (Å²) in [4.78, 5) is 20.2. The lowest BCUT2D eigenvalue weighted by Crippen LogP contribution is -2.12. The molecule has 7 heteroatoms. The Kier molecular flexibility index (Phi) is 4.54. The fourth-order valence-corrected chi connectivity index (χ4v) is 2.05. The molecule has 6 nitrogen and oxygen atoms in total. The summed E-state index contributed by atoms with van der Waals surface area (Å²) in [7, 11) is 0. The molecule has 0 radical (unpaired) electrons. The fourth-order valence-electron chi connectivity index (χ4n) is 1.93. The Morgan fingerprint density at radius 1 is 1.30 bits per heavy atom. The molecule has 20 heavy (non-hydrogen) atoms. The van der Waals surface area contributed by atoms with Crippen molar-refractivity contribution in [3.05, 3.63) is 16.4 Å². The molecule has 108 valence electrons. The zero-order valence-corrected chi connectivity index (χ0v) is 12.7. The molecule has 0 spiro atoms. The molecule has 0 saturated heterocycles. The van der Waals surface area contributed by atoms with Gasteiger partial charge in [0.1, 0.15) is 0 Å². The van der Waals surface area contributed by atoms with Gasteiger partial charge in [0.2, 0.25) is 5.91 Å². The average molecular weight is 296 g/mol. The molecule has 2 heterocycles. The number of halogens is 1. The molecule has 0 atom stereocenters. The molecule has 0 unspecified atom stereocenters. The van der Waals surface area contributed by atoms with Crippen LogP contribution in [-0.2, 0) is 4.79 Å². The average Bonchev–Trinajstić information content (AvgIpc) is 2.79. The number of fused-ring (bicyclic) bond motifs is 1. The first-order chi connectivity index (χ1) is 9.52. The van der Waals surface area contributed by atoms with Crippen molar-refractivity contribution >= 4 is 29.2 Å². The van der Waals surface area contributed by atoms with Gasteiger partial charge < -0.3 is 0 Å². The Hall–Kier alpha value is -1.69. The van der Waals surface area contributed by atoms with E-state index in [2.05, 4.69) is 27.3 Å². The number of hydrogen-bond donors (Lipinski definition) is 1. The first kappa shape index (κ1) is 14.7. The lowest BCUT2D eigenvalue weighted by molar-refractivity contribution is -0.116. The normalized spacial score (nSPS) is 11.0. The van der Waals surface area contributed by atoms with Crippen molar-refractivity contribution < 1.29 is 4.79 Å². The van der Waals surface area contributed by atoms with Crippen molar-refractivity contribution in [3.63, 3.8) is 0 Å². The molecule has 0 bridgehead atoms. The van der Waals surface area contributed by atoms with Gasteiger partial charge in [-0.1, -0.05) is 31.4 Å². The number of carbonyl (C=O) groups is 1. The van der Waals surface area contributed by atoms with Crippen LogP contribution in [0.1, 0.15) is 44.0 Å². The maximum atomic E-state index is 11.7. The first-order valence-corrected chi connectivity index (χ1v) is 7.10. The number of aryl methyl sites for hydroxylation is 2. The molecule has 0 aliphatic heterocycles. The third-order valence-corrected chi connectivity index (χ3v) is 3.62. The summed E-state index contributed by atoms with van der Waals surface area (Å²) in [6, 6.07) is 0. The lowest BCUT2D eigenvalue weighted by atomic mass is 10.2. The second kappa shape index (κ2) is 6.17. The van der Waals surface area contributed by atoms with E-state index in [0.717, 1.165) is 25.0 Å². The molecule has 2 aromatic heterocycles. The molecule has 2 rings (SSSR count). The number of rotatable bonds is 5. The van der Waals surface area contributed by atoms with Crippen LogP contribution < -0.4 is 5.32 Å². The third-order valence-electron chi connectivity index (χ3n) is 3.07. The van der Waals surface area contributed by atoms with Crippen molar-refractivity contribution in [2.75, 3.05) is 5.32 Å². The van der Waals surface area contributed by atoms with Crippen molar-refractivity contribution in [3.8, 4) is 0 Å². The van der Waals surface area contributed by atoms with Gasteiger partial charge in [0, 0.05) is 6.42 Å². The predicted octanol–water partition coefficient (Wildman–Crippen LogP) is 2.91. The van der Waals surface area contributed by atoms with Gasteiger partial charge in [0.25, 0.3) is 11.7 Å². The first-order valence-electron chi connectivity index (χ1n) is 6.72. The molecular weight excluding hydrogens is 278 g/mol. The van der Waals surface area contributed by atoms with E-state index < -0.39 is 0 Å². The van der Waals surface area contributed by atoms with Crippen molar-refractivity contribution in [2.45, 2.75) is 46.5 Å². The zero-order valence-electron chi connectivity index (χ0n) is 11.9. The Morgan fingerprint density at radius 3 is 2.75 bits per heavy atom. The number of unbranched alkanes of at least 4 members (excludes halogenated alkanes) is 2. The minimum atomic E-state index is -0.0742. The van der Waals surface area contributed by atoms with Crippen LogP contribution in [0, 0.1) is 13.8 Å². The van der Waals surface area contributed by atoms with Crippen LogP contribution in [0.4, 0.5) is 5.95 Å². The molecule has 1 amide bonds. The molecule has 1 N–H and O–H groups in total. The standard InChI is InChI=1S/C13H18ClN5O/c1-4-5-6-7-10(20)16-12-17-13-15-8(2)11(14)9(3)19(13)18-12/h4-7H2,1-3H3,(H,16,18,20). The van der Waals surface area contributed by atoms with Gasteiger partial charge in [0.15, 0.2) is 0 Å². The highest BCUT2D eigenvalue weighted by Crippen LogP contribution is 2.19. The van der Waals surface area contributed by atoms with Crippen LogP contribution in [0.2, 0.25) is 5.02 Å². The van der Waals surface area contributed by atoms with Crippen LogP contribution in [0.15, 0.2) is 0 Å². The number of nitrogens with zero attached hydrogens (tertiary/aromatic N) is 4. The van der Waals surface area contributed by atoms with E-state index in [1.165, 1.54) is 4.52 Å². The number of amides is 1. The van der Waals surface area contributed by atoms with Gasteiger partial charge in [-0.25, -0.2) is 4.98 Å². The summed E-state index contributed by atoms with van der Waals surface area (Å²) < 4.78 is 1.54. The highest BCUT2D eigenvalue weighted by molar-refractivity contribution is 6.31. The summed E-state index contributed by atoms with van der Waals surface area (Å²) in [5, 5.41) is 7.46. The quantitative estimate of drug-likeness (QED) is 0.861. The maximum Gasteiger partial charge on any atom is 0.254 e. The molecule has 0 aliphatic rings. The molecule has 0 aliphatic carbocycles. The third kappa shape index (κ3) is 3.07. The number of nitrogens with one attached hydrogen (secondary N) is 1. The van der Waals surface area contributed by atoms with Gasteiger partial charge in [-0.2, -0.15) is 9.50 Å². The van der Waals surface area contributed by atoms with Crippen molar-refractivity contribution in [2.24, 2.45) is 0 Å². The van der Waals surface area contributed by atoms with Crippen LogP contribution in [-0.4, -0.2) is 25.5 Å². The van der Waals surface area contributed by atoms with Crippen LogP contribution >= 0.6 is 11.6 Å². The van der Waals surface area contributed by atoms with Gasteiger partial charge in [-0.15, -0.1) is 5.10 Å². The van der Waals surface area contributed by atoms with E-state index in [9.17, 15) is 4.79 Å². The maximum absolute atomic E-state index is 11.7. The number of aromatic nitrogens is 4. The summed E-state index contributed by atoms with van der Waals surface area (Å²) in [6.07, 6.45) is 3.48. The van der Waals surface area contributed by atoms with E-state index in [0.29, 0.717) is 22.9 Å². The summed E-state index contributed by atoms with van der Waals surface area (Å²) in [6.45, 7) is 5.75. The summed E-state index contributed by atoms with van der Waals surface area (Å²) >= 11 is 6.12. The van der Waals surface area contributed by atoms with E-state index >= 15 is 0 Å². The largest absolute Gasteiger partial charge is 0.293 e. The topological polar surface area (TPSA) is 72.2 Å². The molecular formula is C13H18ClN5O. The molecule has 0 aromatic carbocycles. The lowest BCUT2D eigenvalue weighted by Gasteiger charge is -2.02. The van der Waals surface area contributed by atoms with E-state index in [1.807, 2.05) is 13.8 Å². The van der Waals surface area contributed by atoms with E-state index in [-0.39, 0.29) is 11.9 Å². The molecule has 2 aromatic rings. The Balaban J connectivity index is 2.16. The Labute approximate surface area is 122 Å². The molecule has 0 saturated carbocycles. The SMILES string of the molecule is CCCCCC(=O)Nc1nc2nc(C)c(Cl)c(C)n2n1. The summed E-state index contributed by atoms with van der Waals surface area (Å²) in [5.41, 5.74) is 1.46. The van der Waals surface area contributed by atoms with E-state index in [1.54, 1.807) is 0 Å². The number of hydrogen-bond acceptors (Lipinski definition) is 4. The number of anilines is 1. The van der Waals surface area contributed by atoms with Gasteiger partial charge >= 0.3 is 0 Å². The van der Waals surface area contributed by atoms with Crippen molar-refractivity contribution in [1.29, 1.82) is 0 Å². The zero-order chi connectivity index (χ0) is 14.7. The monoisotopic (exact) mass is 295 g/mol. The van der Waals surface area contributed by atoms with Gasteiger partial charge in [0.05, 0.1) is 16.4 Å². The van der Waals surface area contributed by atoms with E-state index in [4.69, 9.17) is 11.6 Å². The van der Waals surface area contributed by atoms with Crippen LogP contribution in [0.25, 0.3) is 5.78 Å². The Bertz CT molecular complexity index is 637. The second-order valence-electron chi connectivity index (χ2n) is 4.75. The van der Waals surface area contributed by atoms with Crippen LogP contribution in [0.5, 0.6) is 0 Å². The molecule has 0 fully saturated rings. The highest BCUT2D eigenvalue weighted by Gasteiger charge is 2.13. The summed E-state index contributed by atoms with van der Waals surface area (Å²) in [5.74, 6) is 0.631. The van der Waals surface area contributed by atoms with Crippen molar-refractivity contribution in [1.82, 2.24) is 19.6 Å². The second-order valence-corrected chi connectivity index (χ2v) is 5.13. The minimum Gasteiger partial charge on any atom is -0.293 e. The smallest absolute Gasteiger partial charge is 0.254 e.